The first kappa shape index (κ1) is 3.65. The van der Waals surface area contributed by atoms with E-state index in [1.54, 1.807) is 0 Å². The molecule has 1 aliphatic rings. The average Bonchev–Trinajstić information content (AvgIpc) is 2.19. The standard InChI is InChI=1S/C4H6O2/c1-2-3-4(5)6-3/h3H,2H2,1H3/t3-/m0/s1. The van der Waals surface area contributed by atoms with Gasteiger partial charge in [0.25, 0.3) is 0 Å². The summed E-state index contributed by atoms with van der Waals surface area (Å²) in [7, 11) is 0. The Hall–Kier alpha value is -0.530. The van der Waals surface area contributed by atoms with Gasteiger partial charge in [-0.1, -0.05) is 6.92 Å². The highest BCUT2D eigenvalue weighted by Crippen LogP contribution is 2.14. The summed E-state index contributed by atoms with van der Waals surface area (Å²) < 4.78 is 4.43. The first-order valence-corrected chi connectivity index (χ1v) is 2.05. The molecule has 0 aromatic rings. The Labute approximate surface area is 36.1 Å². The fourth-order valence-corrected chi connectivity index (χ4v) is 0.356. The van der Waals surface area contributed by atoms with Gasteiger partial charge in [0, 0.05) is 0 Å². The summed E-state index contributed by atoms with van der Waals surface area (Å²) in [5, 5.41) is 0. The van der Waals surface area contributed by atoms with Crippen LogP contribution in [0.1, 0.15) is 13.3 Å². The summed E-state index contributed by atoms with van der Waals surface area (Å²) in [6, 6.07) is 0. The van der Waals surface area contributed by atoms with Crippen molar-refractivity contribution in [3.63, 3.8) is 0 Å². The third kappa shape index (κ3) is 0.379. The number of carbonyl (C=O) groups is 1. The van der Waals surface area contributed by atoms with E-state index in [0.717, 1.165) is 6.42 Å². The van der Waals surface area contributed by atoms with Crippen molar-refractivity contribution < 1.29 is 9.53 Å². The van der Waals surface area contributed by atoms with Gasteiger partial charge in [-0.05, 0) is 6.42 Å². The van der Waals surface area contributed by atoms with E-state index in [0.29, 0.717) is 0 Å². The molecule has 0 aliphatic carbocycles. The van der Waals surface area contributed by atoms with E-state index in [4.69, 9.17) is 0 Å². The van der Waals surface area contributed by atoms with Crippen LogP contribution in [0.15, 0.2) is 0 Å². The monoisotopic (exact) mass is 86.0 g/mol. The van der Waals surface area contributed by atoms with Gasteiger partial charge in [-0.15, -0.1) is 0 Å². The van der Waals surface area contributed by atoms with Crippen molar-refractivity contribution in [2.45, 2.75) is 19.4 Å². The maximum atomic E-state index is 9.90. The minimum absolute atomic E-state index is 0.0370. The molecule has 2 nitrogen and oxygen atoms in total. The molecule has 0 bridgehead atoms. The third-order valence-corrected chi connectivity index (χ3v) is 0.835. The maximum absolute atomic E-state index is 9.90. The minimum Gasteiger partial charge on any atom is -0.448 e. The molecule has 1 heterocycles. The summed E-state index contributed by atoms with van der Waals surface area (Å²) in [6.45, 7) is 1.93. The van der Waals surface area contributed by atoms with Crippen LogP contribution in [0.25, 0.3) is 0 Å². The molecule has 0 aromatic heterocycles. The zero-order valence-corrected chi connectivity index (χ0v) is 3.60. The van der Waals surface area contributed by atoms with Crippen LogP contribution < -0.4 is 0 Å². The lowest BCUT2D eigenvalue weighted by molar-refractivity contribution is -0.117. The largest absolute Gasteiger partial charge is 0.448 e. The van der Waals surface area contributed by atoms with Gasteiger partial charge < -0.3 is 4.74 Å². The Balaban J connectivity index is 2.26. The van der Waals surface area contributed by atoms with Crippen molar-refractivity contribution >= 4 is 5.97 Å². The highest BCUT2D eigenvalue weighted by molar-refractivity contribution is 5.86. The van der Waals surface area contributed by atoms with Crippen LogP contribution in [-0.4, -0.2) is 12.1 Å². The smallest absolute Gasteiger partial charge is 0.348 e. The van der Waals surface area contributed by atoms with Gasteiger partial charge in [0.05, 0.1) is 0 Å². The summed E-state index contributed by atoms with van der Waals surface area (Å²) in [6.07, 6.45) is 0.795. The van der Waals surface area contributed by atoms with Crippen LogP contribution in [-0.2, 0) is 9.53 Å². The van der Waals surface area contributed by atoms with Gasteiger partial charge in [-0.3, -0.25) is 0 Å². The Morgan fingerprint density at radius 3 is 2.50 bits per heavy atom. The van der Waals surface area contributed by atoms with Gasteiger partial charge in [-0.2, -0.15) is 0 Å². The van der Waals surface area contributed by atoms with E-state index >= 15 is 0 Å². The van der Waals surface area contributed by atoms with Crippen molar-refractivity contribution in [2.24, 2.45) is 0 Å². The van der Waals surface area contributed by atoms with E-state index in [-0.39, 0.29) is 12.1 Å². The summed E-state index contributed by atoms with van der Waals surface area (Å²) >= 11 is 0. The van der Waals surface area contributed by atoms with E-state index < -0.39 is 0 Å². The predicted octanol–water partition coefficient (Wildman–Crippen LogP) is 0.322. The molecule has 0 saturated carbocycles. The van der Waals surface area contributed by atoms with Crippen LogP contribution in [0.3, 0.4) is 0 Å². The molecule has 6 heavy (non-hydrogen) atoms. The molecule has 1 aliphatic heterocycles. The number of epoxide rings is 1. The second-order valence-corrected chi connectivity index (χ2v) is 1.33. The zero-order valence-electron chi connectivity index (χ0n) is 3.60. The summed E-state index contributed by atoms with van der Waals surface area (Å²) in [5.41, 5.74) is 0. The van der Waals surface area contributed by atoms with Crippen LogP contribution in [0, 0.1) is 0 Å². The molecule has 0 radical (unpaired) electrons. The Kier molecular flexibility index (Phi) is 0.587. The molecule has 1 saturated heterocycles. The fraction of sp³-hybridized carbons (Fsp3) is 0.750. The molecular formula is C4H6O2. The number of ether oxygens (including phenoxy) is 1. The molecule has 0 unspecified atom stereocenters. The lowest BCUT2D eigenvalue weighted by atomic mass is 10.4. The lowest BCUT2D eigenvalue weighted by Gasteiger charge is -1.65. The fourth-order valence-electron chi connectivity index (χ4n) is 0.356. The van der Waals surface area contributed by atoms with Gasteiger partial charge in [0.1, 0.15) is 0 Å². The molecule has 34 valence electrons. The highest BCUT2D eigenvalue weighted by atomic mass is 16.6. The van der Waals surface area contributed by atoms with Crippen LogP contribution in [0.5, 0.6) is 0 Å². The van der Waals surface area contributed by atoms with Crippen LogP contribution >= 0.6 is 0 Å². The number of rotatable bonds is 1. The molecule has 1 atom stereocenters. The number of hydrogen-bond acceptors (Lipinski definition) is 2. The Bertz CT molecular complexity index is 77.6. The first-order valence-electron chi connectivity index (χ1n) is 2.05. The normalized spacial score (nSPS) is 29.5. The average molecular weight is 86.1 g/mol. The van der Waals surface area contributed by atoms with Gasteiger partial charge in [0.2, 0.25) is 0 Å². The van der Waals surface area contributed by atoms with Crippen molar-refractivity contribution in [3.05, 3.63) is 0 Å². The van der Waals surface area contributed by atoms with Crippen molar-refractivity contribution in [2.75, 3.05) is 0 Å². The molecule has 1 rings (SSSR count). The number of hydrogen-bond donors (Lipinski definition) is 0. The Morgan fingerprint density at radius 2 is 2.50 bits per heavy atom. The van der Waals surface area contributed by atoms with Crippen LogP contribution in [0.4, 0.5) is 0 Å². The molecule has 0 aromatic carbocycles. The molecule has 1 fully saturated rings. The van der Waals surface area contributed by atoms with Gasteiger partial charge in [0.15, 0.2) is 6.10 Å². The molecule has 2 heteroatoms. The second kappa shape index (κ2) is 0.965. The molecule has 0 spiro atoms. The van der Waals surface area contributed by atoms with Crippen molar-refractivity contribution in [1.82, 2.24) is 0 Å². The summed E-state index contributed by atoms with van der Waals surface area (Å²) in [5.74, 6) is -0.0440. The third-order valence-electron chi connectivity index (χ3n) is 0.835. The van der Waals surface area contributed by atoms with E-state index in [1.807, 2.05) is 6.92 Å². The van der Waals surface area contributed by atoms with Crippen molar-refractivity contribution in [3.8, 4) is 0 Å². The number of cyclic esters (lactones) is 1. The minimum atomic E-state index is -0.0440. The second-order valence-electron chi connectivity index (χ2n) is 1.33. The summed E-state index contributed by atoms with van der Waals surface area (Å²) in [4.78, 5) is 9.90. The molecular weight excluding hydrogens is 80.0 g/mol. The lowest BCUT2D eigenvalue weighted by Crippen LogP contribution is -1.78. The zero-order chi connectivity index (χ0) is 4.57. The molecule has 0 amide bonds. The van der Waals surface area contributed by atoms with E-state index in [1.165, 1.54) is 0 Å². The van der Waals surface area contributed by atoms with Gasteiger partial charge >= 0.3 is 5.97 Å². The predicted molar refractivity (Wildman–Crippen MR) is 20.2 cm³/mol. The van der Waals surface area contributed by atoms with Crippen molar-refractivity contribution in [1.29, 1.82) is 0 Å². The SMILES string of the molecule is CC[C@@H]1OC1=O. The molecule has 0 N–H and O–H groups in total. The number of carbonyl (C=O) groups excluding carboxylic acids is 1. The van der Waals surface area contributed by atoms with Crippen LogP contribution in [0.2, 0.25) is 0 Å². The first-order chi connectivity index (χ1) is 2.84. The highest BCUT2D eigenvalue weighted by Gasteiger charge is 2.35. The van der Waals surface area contributed by atoms with Gasteiger partial charge in [-0.25, -0.2) is 4.79 Å². The maximum Gasteiger partial charge on any atom is 0.348 e. The van der Waals surface area contributed by atoms with E-state index in [2.05, 4.69) is 4.74 Å². The quantitative estimate of drug-likeness (QED) is 0.430. The topological polar surface area (TPSA) is 29.6 Å². The Morgan fingerprint density at radius 1 is 2.00 bits per heavy atom. The van der Waals surface area contributed by atoms with E-state index in [9.17, 15) is 4.79 Å².